The third-order valence-corrected chi connectivity index (χ3v) is 9.53. The second kappa shape index (κ2) is 10.6. The number of likely N-dealkylation sites (N-methyl/N-ethyl adjacent to an activating group) is 1. The van der Waals surface area contributed by atoms with E-state index in [2.05, 4.69) is 74.7 Å². The minimum atomic E-state index is -0.458. The molecule has 6 heteroatoms. The van der Waals surface area contributed by atoms with Gasteiger partial charge in [-0.15, -0.1) is 0 Å². The van der Waals surface area contributed by atoms with E-state index in [1.54, 1.807) is 0 Å². The molecule has 1 heterocycles. The van der Waals surface area contributed by atoms with E-state index in [9.17, 15) is 4.79 Å². The molecule has 0 radical (unpaired) electrons. The Morgan fingerprint density at radius 3 is 2.43 bits per heavy atom. The summed E-state index contributed by atoms with van der Waals surface area (Å²) < 4.78 is 13.4. The van der Waals surface area contributed by atoms with Gasteiger partial charge in [-0.05, 0) is 79.5 Å². The fourth-order valence-corrected chi connectivity index (χ4v) is 7.15. The van der Waals surface area contributed by atoms with Crippen molar-refractivity contribution in [3.63, 3.8) is 0 Å². The van der Waals surface area contributed by atoms with E-state index < -0.39 is 7.12 Å². The van der Waals surface area contributed by atoms with E-state index in [0.717, 1.165) is 19.4 Å². The Kier molecular flexibility index (Phi) is 7.55. The fraction of sp³-hybridized carbons (Fsp3) is 0.581. The van der Waals surface area contributed by atoms with E-state index in [0.29, 0.717) is 24.7 Å². The standard InChI is InChI=1S/C31H43BN2O3/c1-6-21-14-11-15-23(16-21)17-25(33-7-2)29(35)34-28(18-22-12-9-8-10-13-22)32-36-27-20-24-19-26(30(24,3)4)31(27,5)37-32/h8-16,24-28,33H,6-7,17-20H2,1-5H3,(H,34,35)/t24-,25+,26-,27+,28-,31-/m0/s1. The predicted octanol–water partition coefficient (Wildman–Crippen LogP) is 4.76. The molecule has 2 N–H and O–H groups in total. The largest absolute Gasteiger partial charge is 0.482 e. The summed E-state index contributed by atoms with van der Waals surface area (Å²) in [6.45, 7) is 11.9. The van der Waals surface area contributed by atoms with Crippen LogP contribution in [0, 0.1) is 17.3 Å². The number of nitrogens with one attached hydrogen (secondary N) is 2. The summed E-state index contributed by atoms with van der Waals surface area (Å²) in [7, 11) is -0.458. The van der Waals surface area contributed by atoms with Crippen molar-refractivity contribution in [1.29, 1.82) is 0 Å². The van der Waals surface area contributed by atoms with Gasteiger partial charge in [0.2, 0.25) is 5.91 Å². The quantitative estimate of drug-likeness (QED) is 0.460. The molecule has 3 aliphatic carbocycles. The van der Waals surface area contributed by atoms with Gasteiger partial charge >= 0.3 is 7.12 Å². The number of carbonyl (C=O) groups excluding carboxylic acids is 1. The maximum Gasteiger partial charge on any atom is 0.482 e. The molecule has 2 aromatic rings. The molecule has 2 bridgehead atoms. The molecule has 1 aliphatic heterocycles. The van der Waals surface area contributed by atoms with Crippen LogP contribution in [0.15, 0.2) is 54.6 Å². The third-order valence-electron chi connectivity index (χ3n) is 9.53. The highest BCUT2D eigenvalue weighted by Crippen LogP contribution is 2.65. The number of aryl methyl sites for hydroxylation is 1. The lowest BCUT2D eigenvalue weighted by molar-refractivity contribution is -0.199. The third kappa shape index (κ3) is 5.13. The average molecular weight is 503 g/mol. The van der Waals surface area contributed by atoms with Crippen LogP contribution in [0.3, 0.4) is 0 Å². The van der Waals surface area contributed by atoms with Crippen LogP contribution in [-0.2, 0) is 33.4 Å². The first-order valence-corrected chi connectivity index (χ1v) is 14.2. The fourth-order valence-electron chi connectivity index (χ4n) is 7.15. The zero-order chi connectivity index (χ0) is 26.2. The molecule has 4 aliphatic rings. The summed E-state index contributed by atoms with van der Waals surface area (Å²) in [6.07, 6.45) is 4.64. The molecule has 6 atom stereocenters. The summed E-state index contributed by atoms with van der Waals surface area (Å²) in [5, 5.41) is 6.78. The van der Waals surface area contributed by atoms with Gasteiger partial charge in [0.05, 0.1) is 23.7 Å². The molecule has 0 spiro atoms. The van der Waals surface area contributed by atoms with Crippen LogP contribution < -0.4 is 10.6 Å². The molecule has 5 nitrogen and oxygen atoms in total. The second-order valence-electron chi connectivity index (χ2n) is 12.1. The number of rotatable bonds is 10. The van der Waals surface area contributed by atoms with Crippen LogP contribution in [0.5, 0.6) is 0 Å². The summed E-state index contributed by atoms with van der Waals surface area (Å²) in [6, 6.07) is 18.6. The zero-order valence-electron chi connectivity index (χ0n) is 23.1. The van der Waals surface area contributed by atoms with Crippen molar-refractivity contribution in [1.82, 2.24) is 10.6 Å². The van der Waals surface area contributed by atoms with E-state index in [-0.39, 0.29) is 35.0 Å². The normalized spacial score (nSPS) is 29.2. The van der Waals surface area contributed by atoms with Gasteiger partial charge in [0.25, 0.3) is 0 Å². The SMILES string of the molecule is CCN[C@H](Cc1cccc(CC)c1)C(=O)N[C@@H](Cc1ccccc1)B1O[C@@H]2C[C@@H]3C[C@@H](C3(C)C)[C@]2(C)O1. The monoisotopic (exact) mass is 502 g/mol. The van der Waals surface area contributed by atoms with Gasteiger partial charge < -0.3 is 19.9 Å². The Bertz CT molecular complexity index is 1090. The number of benzene rings is 2. The van der Waals surface area contributed by atoms with Crippen molar-refractivity contribution < 1.29 is 14.1 Å². The highest BCUT2D eigenvalue weighted by Gasteiger charge is 2.68. The molecule has 3 saturated carbocycles. The van der Waals surface area contributed by atoms with E-state index in [1.165, 1.54) is 23.1 Å². The van der Waals surface area contributed by atoms with Crippen LogP contribution in [0.2, 0.25) is 0 Å². The molecular weight excluding hydrogens is 459 g/mol. The first-order valence-electron chi connectivity index (χ1n) is 14.2. The smallest absolute Gasteiger partial charge is 0.404 e. The topological polar surface area (TPSA) is 59.6 Å². The molecule has 1 amide bonds. The molecule has 6 rings (SSSR count). The Balaban J connectivity index is 1.35. The predicted molar refractivity (Wildman–Crippen MR) is 149 cm³/mol. The van der Waals surface area contributed by atoms with Gasteiger partial charge in [-0.2, -0.15) is 0 Å². The molecule has 0 unspecified atom stereocenters. The molecule has 2 aromatic carbocycles. The van der Waals surface area contributed by atoms with Crippen molar-refractivity contribution >= 4 is 13.0 Å². The number of amides is 1. The molecule has 37 heavy (non-hydrogen) atoms. The average Bonchev–Trinajstić information content (AvgIpc) is 3.26. The maximum atomic E-state index is 13.7. The highest BCUT2D eigenvalue weighted by atomic mass is 16.7. The highest BCUT2D eigenvalue weighted by molar-refractivity contribution is 6.48. The van der Waals surface area contributed by atoms with Crippen molar-refractivity contribution in [2.24, 2.45) is 17.3 Å². The van der Waals surface area contributed by atoms with E-state index in [4.69, 9.17) is 9.31 Å². The van der Waals surface area contributed by atoms with E-state index in [1.807, 2.05) is 25.1 Å². The van der Waals surface area contributed by atoms with Gasteiger partial charge in [0.1, 0.15) is 0 Å². The Hall–Kier alpha value is -2.15. The van der Waals surface area contributed by atoms with Crippen molar-refractivity contribution in [2.45, 2.75) is 90.4 Å². The number of hydrogen-bond acceptors (Lipinski definition) is 4. The minimum Gasteiger partial charge on any atom is -0.404 e. The number of hydrogen-bond donors (Lipinski definition) is 2. The molecule has 1 saturated heterocycles. The molecule has 4 fully saturated rings. The van der Waals surface area contributed by atoms with Crippen LogP contribution in [0.1, 0.15) is 64.2 Å². The minimum absolute atomic E-state index is 0.00142. The summed E-state index contributed by atoms with van der Waals surface area (Å²) in [5.41, 5.74) is 3.61. The van der Waals surface area contributed by atoms with Gasteiger partial charge in [0.15, 0.2) is 0 Å². The Labute approximate surface area is 223 Å². The van der Waals surface area contributed by atoms with Gasteiger partial charge in [-0.1, -0.05) is 82.3 Å². The first kappa shape index (κ1) is 26.5. The van der Waals surface area contributed by atoms with Crippen molar-refractivity contribution in [3.8, 4) is 0 Å². The van der Waals surface area contributed by atoms with Crippen LogP contribution in [-0.4, -0.2) is 43.3 Å². The van der Waals surface area contributed by atoms with Crippen molar-refractivity contribution in [3.05, 3.63) is 71.3 Å². The zero-order valence-corrected chi connectivity index (χ0v) is 23.1. The number of carbonyl (C=O) groups is 1. The Morgan fingerprint density at radius 2 is 1.73 bits per heavy atom. The van der Waals surface area contributed by atoms with Crippen LogP contribution in [0.4, 0.5) is 0 Å². The molecule has 0 aromatic heterocycles. The van der Waals surface area contributed by atoms with Crippen molar-refractivity contribution in [2.75, 3.05) is 6.54 Å². The molecular formula is C31H43BN2O3. The summed E-state index contributed by atoms with van der Waals surface area (Å²) in [5.74, 6) is 0.918. The Morgan fingerprint density at radius 1 is 1.00 bits per heavy atom. The lowest BCUT2D eigenvalue weighted by Crippen LogP contribution is -2.65. The van der Waals surface area contributed by atoms with E-state index >= 15 is 0 Å². The molecule has 198 valence electrons. The maximum absolute atomic E-state index is 13.7. The van der Waals surface area contributed by atoms with Gasteiger partial charge in [-0.3, -0.25) is 4.79 Å². The second-order valence-corrected chi connectivity index (χ2v) is 12.1. The van der Waals surface area contributed by atoms with Crippen LogP contribution >= 0.6 is 0 Å². The van der Waals surface area contributed by atoms with Gasteiger partial charge in [-0.25, -0.2) is 0 Å². The lowest BCUT2D eigenvalue weighted by Gasteiger charge is -2.64. The lowest BCUT2D eigenvalue weighted by atomic mass is 9.43. The summed E-state index contributed by atoms with van der Waals surface area (Å²) in [4.78, 5) is 13.7. The summed E-state index contributed by atoms with van der Waals surface area (Å²) >= 11 is 0. The first-order chi connectivity index (χ1) is 17.7. The van der Waals surface area contributed by atoms with Crippen LogP contribution in [0.25, 0.3) is 0 Å². The van der Waals surface area contributed by atoms with Gasteiger partial charge in [0, 0.05) is 0 Å².